The molecule has 0 amide bonds. The fraction of sp³-hybridized carbons (Fsp3) is 1.00. The van der Waals surface area contributed by atoms with E-state index in [4.69, 9.17) is 17.7 Å². The molecule has 0 aromatic rings. The Hall–Kier alpha value is 0.234. The van der Waals surface area contributed by atoms with Crippen LogP contribution in [0.4, 0.5) is 0 Å². The van der Waals surface area contributed by atoms with Gasteiger partial charge >= 0.3 is 17.3 Å². The van der Waals surface area contributed by atoms with Crippen molar-refractivity contribution in [2.24, 2.45) is 0 Å². The summed E-state index contributed by atoms with van der Waals surface area (Å²) in [4.78, 5) is 0. The van der Waals surface area contributed by atoms with Crippen LogP contribution in [0.3, 0.4) is 0 Å². The number of rotatable bonds is 8. The molecule has 0 heterocycles. The van der Waals surface area contributed by atoms with E-state index in [9.17, 15) is 0 Å². The fourth-order valence-electron chi connectivity index (χ4n) is 1.55. The van der Waals surface area contributed by atoms with Gasteiger partial charge in [-0.25, -0.2) is 0 Å². The summed E-state index contributed by atoms with van der Waals surface area (Å²) in [6.45, 7) is 2.05. The van der Waals surface area contributed by atoms with Gasteiger partial charge in [-0.2, -0.15) is 0 Å². The molecule has 0 fully saturated rings. The predicted molar refractivity (Wildman–Crippen MR) is 68.7 cm³/mol. The summed E-state index contributed by atoms with van der Waals surface area (Å²) in [5, 5.41) is 0. The third-order valence-electron chi connectivity index (χ3n) is 3.08. The molecule has 5 nitrogen and oxygen atoms in total. The van der Waals surface area contributed by atoms with E-state index < -0.39 is 17.3 Å². The minimum Gasteiger partial charge on any atom is -0.398 e. The second-order valence-electron chi connectivity index (χ2n) is 4.06. The SMILES string of the molecule is CO[Si](C)(CC[Si](OC)(OC)N(C)C)OC. The van der Waals surface area contributed by atoms with E-state index in [-0.39, 0.29) is 0 Å². The van der Waals surface area contributed by atoms with E-state index in [0.29, 0.717) is 0 Å². The van der Waals surface area contributed by atoms with Crippen molar-refractivity contribution in [1.29, 1.82) is 0 Å². The molecule has 0 aliphatic rings. The first kappa shape index (κ1) is 16.2. The Bertz CT molecular complexity index is 196. The number of hydrogen-bond donors (Lipinski definition) is 0. The van der Waals surface area contributed by atoms with Crippen LogP contribution >= 0.6 is 0 Å². The van der Waals surface area contributed by atoms with Crippen LogP contribution in [-0.2, 0) is 17.7 Å². The van der Waals surface area contributed by atoms with Crippen LogP contribution in [0, 0.1) is 0 Å². The summed E-state index contributed by atoms with van der Waals surface area (Å²) in [5.74, 6) is 0. The van der Waals surface area contributed by atoms with Crippen molar-refractivity contribution in [2.75, 3.05) is 42.5 Å². The molecule has 0 saturated carbocycles. The first-order valence-corrected chi connectivity index (χ1v) is 9.77. The van der Waals surface area contributed by atoms with Crippen molar-refractivity contribution in [3.63, 3.8) is 0 Å². The Labute approximate surface area is 101 Å². The smallest absolute Gasteiger partial charge is 0.398 e. The van der Waals surface area contributed by atoms with E-state index >= 15 is 0 Å². The van der Waals surface area contributed by atoms with Gasteiger partial charge in [0.2, 0.25) is 0 Å². The van der Waals surface area contributed by atoms with Crippen LogP contribution in [-0.4, -0.2) is 64.4 Å². The highest BCUT2D eigenvalue weighted by molar-refractivity contribution is 6.70. The van der Waals surface area contributed by atoms with Gasteiger partial charge < -0.3 is 17.7 Å². The van der Waals surface area contributed by atoms with E-state index in [1.807, 2.05) is 25.2 Å². The van der Waals surface area contributed by atoms with Gasteiger partial charge in [0.05, 0.1) is 0 Å². The molecule has 0 saturated heterocycles. The lowest BCUT2D eigenvalue weighted by Crippen LogP contribution is -2.55. The lowest BCUT2D eigenvalue weighted by atomic mass is 10.9. The van der Waals surface area contributed by atoms with Crippen LogP contribution in [0.15, 0.2) is 0 Å². The summed E-state index contributed by atoms with van der Waals surface area (Å²) in [5.41, 5.74) is 0. The van der Waals surface area contributed by atoms with E-state index in [1.54, 1.807) is 28.4 Å². The molecule has 0 unspecified atom stereocenters. The average molecular weight is 267 g/mol. The van der Waals surface area contributed by atoms with E-state index in [1.165, 1.54) is 0 Å². The second kappa shape index (κ2) is 6.85. The largest absolute Gasteiger partial charge is 0.426 e. The minimum absolute atomic E-state index is 0.845. The predicted octanol–water partition coefficient (Wildman–Crippen LogP) is 1.14. The van der Waals surface area contributed by atoms with Gasteiger partial charge in [0.25, 0.3) is 0 Å². The van der Waals surface area contributed by atoms with Crippen LogP contribution in [0.2, 0.25) is 18.6 Å². The highest BCUT2D eigenvalue weighted by atomic mass is 28.4. The Balaban J connectivity index is 4.54. The van der Waals surface area contributed by atoms with Crippen molar-refractivity contribution in [3.05, 3.63) is 0 Å². The zero-order valence-corrected chi connectivity index (χ0v) is 13.5. The molecule has 0 aromatic heterocycles. The monoisotopic (exact) mass is 267 g/mol. The third-order valence-corrected chi connectivity index (χ3v) is 9.98. The maximum Gasteiger partial charge on any atom is 0.426 e. The van der Waals surface area contributed by atoms with Crippen molar-refractivity contribution >= 4 is 17.3 Å². The van der Waals surface area contributed by atoms with Crippen LogP contribution < -0.4 is 0 Å². The van der Waals surface area contributed by atoms with Crippen LogP contribution in [0.1, 0.15) is 0 Å². The Kier molecular flexibility index (Phi) is 6.95. The topological polar surface area (TPSA) is 40.2 Å². The molecule has 0 aliphatic heterocycles. The van der Waals surface area contributed by atoms with E-state index in [2.05, 4.69) is 0 Å². The zero-order valence-electron chi connectivity index (χ0n) is 11.5. The Morgan fingerprint density at radius 3 is 1.50 bits per heavy atom. The molecule has 0 bridgehead atoms. The molecule has 16 heavy (non-hydrogen) atoms. The Morgan fingerprint density at radius 1 is 0.812 bits per heavy atom. The standard InChI is InChI=1S/C9H25NO4Si2/c1-10(2)16(13-5,14-6)9-8-15(7,11-3)12-4/h8-9H2,1-7H3. The average Bonchev–Trinajstić information content (AvgIpc) is 2.30. The number of nitrogens with zero attached hydrogens (tertiary/aromatic N) is 1. The first-order chi connectivity index (χ1) is 7.39. The fourth-order valence-corrected chi connectivity index (χ4v) is 6.96. The maximum absolute atomic E-state index is 5.59. The highest BCUT2D eigenvalue weighted by Crippen LogP contribution is 2.23. The second-order valence-corrected chi connectivity index (χ2v) is 11.3. The minimum atomic E-state index is -2.26. The van der Waals surface area contributed by atoms with Gasteiger partial charge in [0, 0.05) is 34.5 Å². The maximum atomic E-state index is 5.59. The molecule has 0 spiro atoms. The molecule has 0 aromatic carbocycles. The lowest BCUT2D eigenvalue weighted by Gasteiger charge is -2.34. The summed E-state index contributed by atoms with van der Waals surface area (Å²) < 4.78 is 24.1. The quantitative estimate of drug-likeness (QED) is 0.617. The van der Waals surface area contributed by atoms with Crippen molar-refractivity contribution in [1.82, 2.24) is 4.57 Å². The van der Waals surface area contributed by atoms with Crippen molar-refractivity contribution in [3.8, 4) is 0 Å². The molecule has 0 rings (SSSR count). The molecule has 0 atom stereocenters. The molecule has 0 N–H and O–H groups in total. The summed E-state index contributed by atoms with van der Waals surface area (Å²) in [7, 11) is 6.49. The van der Waals surface area contributed by atoms with Crippen LogP contribution in [0.5, 0.6) is 0 Å². The first-order valence-electron chi connectivity index (χ1n) is 5.27. The van der Waals surface area contributed by atoms with Gasteiger partial charge in [0.15, 0.2) is 0 Å². The molecule has 0 radical (unpaired) electrons. The Morgan fingerprint density at radius 2 is 1.25 bits per heavy atom. The van der Waals surface area contributed by atoms with Gasteiger partial charge in [0.1, 0.15) is 0 Å². The highest BCUT2D eigenvalue weighted by Gasteiger charge is 2.43. The van der Waals surface area contributed by atoms with E-state index in [0.717, 1.165) is 12.1 Å². The normalized spacial score (nSPS) is 13.5. The van der Waals surface area contributed by atoms with Crippen LogP contribution in [0.25, 0.3) is 0 Å². The molecule has 7 heteroatoms. The molecular formula is C9H25NO4Si2. The lowest BCUT2D eigenvalue weighted by molar-refractivity contribution is 0.185. The summed E-state index contributed by atoms with van der Waals surface area (Å²) in [6, 6.07) is 1.71. The zero-order chi connectivity index (χ0) is 12.8. The van der Waals surface area contributed by atoms with Crippen molar-refractivity contribution < 1.29 is 17.7 Å². The summed E-state index contributed by atoms with van der Waals surface area (Å²) in [6.07, 6.45) is 0. The molecule has 98 valence electrons. The van der Waals surface area contributed by atoms with Crippen molar-refractivity contribution in [2.45, 2.75) is 18.6 Å². The molecule has 0 aliphatic carbocycles. The van der Waals surface area contributed by atoms with Gasteiger partial charge in [-0.15, -0.1) is 0 Å². The summed E-state index contributed by atoms with van der Waals surface area (Å²) >= 11 is 0. The molecular weight excluding hydrogens is 242 g/mol. The van der Waals surface area contributed by atoms with Gasteiger partial charge in [-0.3, -0.25) is 4.57 Å². The van der Waals surface area contributed by atoms with Gasteiger partial charge in [-0.05, 0) is 26.7 Å². The third kappa shape index (κ3) is 3.91. The van der Waals surface area contributed by atoms with Gasteiger partial charge in [-0.1, -0.05) is 0 Å². The number of hydrogen-bond acceptors (Lipinski definition) is 5.